The fraction of sp³-hybridized carbons (Fsp3) is 0.417. The van der Waals surface area contributed by atoms with Crippen LogP contribution in [0.25, 0.3) is 0 Å². The van der Waals surface area contributed by atoms with Crippen molar-refractivity contribution in [1.82, 2.24) is 10.2 Å². The Hall–Kier alpha value is -1.98. The molecule has 0 saturated heterocycles. The Balaban J connectivity index is 2.06. The van der Waals surface area contributed by atoms with E-state index < -0.39 is 6.04 Å². The Labute approximate surface area is 189 Å². The molecule has 162 valence electrons. The first-order valence-electron chi connectivity index (χ1n) is 10.2. The molecule has 0 fully saturated rings. The molecule has 2 amide bonds. The predicted molar refractivity (Wildman–Crippen MR) is 127 cm³/mol. The maximum atomic E-state index is 13.1. The zero-order chi connectivity index (χ0) is 22.1. The van der Waals surface area contributed by atoms with E-state index in [2.05, 4.69) is 24.4 Å². The third kappa shape index (κ3) is 7.69. The Morgan fingerprint density at radius 3 is 2.37 bits per heavy atom. The van der Waals surface area contributed by atoms with Crippen molar-refractivity contribution < 1.29 is 9.59 Å². The van der Waals surface area contributed by atoms with Gasteiger partial charge < -0.3 is 10.2 Å². The summed E-state index contributed by atoms with van der Waals surface area (Å²) in [6, 6.07) is 15.0. The normalized spacial score (nSPS) is 11.9. The second kappa shape index (κ2) is 12.0. The number of nitrogens with one attached hydrogen (secondary N) is 1. The second-order valence-electron chi connectivity index (χ2n) is 7.88. The summed E-state index contributed by atoms with van der Waals surface area (Å²) in [5.74, 6) is 1.27. The van der Waals surface area contributed by atoms with Crippen LogP contribution in [-0.2, 0) is 21.9 Å². The van der Waals surface area contributed by atoms with Crippen molar-refractivity contribution >= 4 is 35.2 Å². The largest absolute Gasteiger partial charge is 0.354 e. The van der Waals surface area contributed by atoms with Gasteiger partial charge in [-0.1, -0.05) is 61.8 Å². The summed E-state index contributed by atoms with van der Waals surface area (Å²) in [6.07, 6.45) is 0. The Morgan fingerprint density at radius 1 is 1.07 bits per heavy atom. The van der Waals surface area contributed by atoms with Gasteiger partial charge in [-0.2, -0.15) is 0 Å². The molecule has 0 saturated carbocycles. The van der Waals surface area contributed by atoms with Gasteiger partial charge in [-0.3, -0.25) is 9.59 Å². The lowest BCUT2D eigenvalue weighted by molar-refractivity contribution is -0.138. The highest BCUT2D eigenvalue weighted by Gasteiger charge is 2.26. The number of thioether (sulfide) groups is 1. The molecular weight excluding hydrogens is 416 g/mol. The van der Waals surface area contributed by atoms with Crippen LogP contribution in [0, 0.1) is 12.8 Å². The third-order valence-corrected chi connectivity index (χ3v) is 6.08. The van der Waals surface area contributed by atoms with Gasteiger partial charge in [0, 0.05) is 23.9 Å². The van der Waals surface area contributed by atoms with E-state index in [1.807, 2.05) is 38.1 Å². The van der Waals surface area contributed by atoms with E-state index in [9.17, 15) is 9.59 Å². The molecule has 0 aromatic heterocycles. The lowest BCUT2D eigenvalue weighted by Gasteiger charge is -2.29. The van der Waals surface area contributed by atoms with Crippen LogP contribution in [0.15, 0.2) is 48.5 Å². The lowest BCUT2D eigenvalue weighted by atomic mass is 10.1. The topological polar surface area (TPSA) is 49.4 Å². The van der Waals surface area contributed by atoms with E-state index >= 15 is 0 Å². The van der Waals surface area contributed by atoms with E-state index in [4.69, 9.17) is 11.6 Å². The van der Waals surface area contributed by atoms with E-state index in [0.717, 1.165) is 11.3 Å². The molecule has 0 aliphatic carbocycles. The molecule has 2 aromatic carbocycles. The van der Waals surface area contributed by atoms with Gasteiger partial charge >= 0.3 is 0 Å². The molecule has 0 aliphatic rings. The first-order chi connectivity index (χ1) is 14.3. The molecule has 1 atom stereocenters. The fourth-order valence-corrected chi connectivity index (χ4v) is 4.04. The summed E-state index contributed by atoms with van der Waals surface area (Å²) < 4.78 is 0. The van der Waals surface area contributed by atoms with Crippen molar-refractivity contribution in [2.45, 2.75) is 46.0 Å². The van der Waals surface area contributed by atoms with Gasteiger partial charge in [0.25, 0.3) is 0 Å². The monoisotopic (exact) mass is 446 g/mol. The molecule has 1 N–H and O–H groups in total. The smallest absolute Gasteiger partial charge is 0.242 e. The summed E-state index contributed by atoms with van der Waals surface area (Å²) in [5.41, 5.74) is 3.39. The molecule has 0 aliphatic heterocycles. The first kappa shape index (κ1) is 24.3. The SMILES string of the molecule is Cc1ccccc1CSCC(=O)N(Cc1ccc(Cl)cc1)[C@@H](C)C(=O)NCC(C)C. The lowest BCUT2D eigenvalue weighted by Crippen LogP contribution is -2.48. The summed E-state index contributed by atoms with van der Waals surface area (Å²) in [5, 5.41) is 3.59. The number of aryl methyl sites for hydroxylation is 1. The summed E-state index contributed by atoms with van der Waals surface area (Å²) in [4.78, 5) is 27.4. The molecule has 6 heteroatoms. The minimum atomic E-state index is -0.550. The first-order valence-corrected chi connectivity index (χ1v) is 11.7. The highest BCUT2D eigenvalue weighted by Crippen LogP contribution is 2.19. The third-order valence-electron chi connectivity index (χ3n) is 4.86. The Morgan fingerprint density at radius 2 is 1.73 bits per heavy atom. The zero-order valence-electron chi connectivity index (χ0n) is 18.2. The van der Waals surface area contributed by atoms with Crippen molar-refractivity contribution in [3.05, 3.63) is 70.2 Å². The van der Waals surface area contributed by atoms with Crippen molar-refractivity contribution in [3.8, 4) is 0 Å². The molecule has 0 radical (unpaired) electrons. The van der Waals surface area contributed by atoms with Crippen molar-refractivity contribution in [3.63, 3.8) is 0 Å². The minimum absolute atomic E-state index is 0.0456. The molecular formula is C24H31ClN2O2S. The van der Waals surface area contributed by atoms with Gasteiger partial charge in [0.15, 0.2) is 0 Å². The average Bonchev–Trinajstić information content (AvgIpc) is 2.72. The average molecular weight is 447 g/mol. The minimum Gasteiger partial charge on any atom is -0.354 e. The molecule has 30 heavy (non-hydrogen) atoms. The number of hydrogen-bond acceptors (Lipinski definition) is 3. The predicted octanol–water partition coefficient (Wildman–Crippen LogP) is 5.07. The van der Waals surface area contributed by atoms with Crippen LogP contribution in [0.5, 0.6) is 0 Å². The number of rotatable bonds is 10. The molecule has 0 heterocycles. The van der Waals surface area contributed by atoms with Gasteiger partial charge in [-0.25, -0.2) is 0 Å². The number of nitrogens with zero attached hydrogens (tertiary/aromatic N) is 1. The standard InChI is InChI=1S/C24H31ClN2O2S/c1-17(2)13-26-24(29)19(4)27(14-20-9-11-22(25)12-10-20)23(28)16-30-15-21-8-6-5-7-18(21)3/h5-12,17,19H,13-16H2,1-4H3,(H,26,29)/t19-/m0/s1. The number of halogens is 1. The molecule has 2 aromatic rings. The van der Waals surface area contributed by atoms with Crippen LogP contribution in [0.1, 0.15) is 37.5 Å². The quantitative estimate of drug-likeness (QED) is 0.554. The molecule has 0 bridgehead atoms. The maximum absolute atomic E-state index is 13.1. The fourth-order valence-electron chi connectivity index (χ4n) is 2.92. The van der Waals surface area contributed by atoms with Crippen molar-refractivity contribution in [2.24, 2.45) is 5.92 Å². The molecule has 0 spiro atoms. The maximum Gasteiger partial charge on any atom is 0.242 e. The van der Waals surface area contributed by atoms with Crippen molar-refractivity contribution in [2.75, 3.05) is 12.3 Å². The van der Waals surface area contributed by atoms with Crippen LogP contribution in [0.4, 0.5) is 0 Å². The van der Waals surface area contributed by atoms with Crippen LogP contribution < -0.4 is 5.32 Å². The van der Waals surface area contributed by atoms with Crippen LogP contribution in [0.3, 0.4) is 0 Å². The van der Waals surface area contributed by atoms with E-state index in [0.29, 0.717) is 29.8 Å². The van der Waals surface area contributed by atoms with Gasteiger partial charge in [0.1, 0.15) is 6.04 Å². The highest BCUT2D eigenvalue weighted by atomic mass is 35.5. The van der Waals surface area contributed by atoms with E-state index in [-0.39, 0.29) is 11.8 Å². The number of hydrogen-bond donors (Lipinski definition) is 1. The number of carbonyl (C=O) groups is 2. The Kier molecular flexibility index (Phi) is 9.73. The molecule has 0 unspecified atom stereocenters. The van der Waals surface area contributed by atoms with Crippen LogP contribution in [-0.4, -0.2) is 35.1 Å². The van der Waals surface area contributed by atoms with Gasteiger partial charge in [-0.15, -0.1) is 11.8 Å². The summed E-state index contributed by atoms with van der Waals surface area (Å²) >= 11 is 7.56. The molecule has 4 nitrogen and oxygen atoms in total. The number of amides is 2. The summed E-state index contributed by atoms with van der Waals surface area (Å²) in [7, 11) is 0. The van der Waals surface area contributed by atoms with Gasteiger partial charge in [0.05, 0.1) is 5.75 Å². The second-order valence-corrected chi connectivity index (χ2v) is 9.30. The van der Waals surface area contributed by atoms with Crippen LogP contribution in [0.2, 0.25) is 5.02 Å². The van der Waals surface area contributed by atoms with Crippen molar-refractivity contribution in [1.29, 1.82) is 0 Å². The summed E-state index contributed by atoms with van der Waals surface area (Å²) in [6.45, 7) is 8.92. The Bertz CT molecular complexity index is 839. The molecule has 2 rings (SSSR count). The van der Waals surface area contributed by atoms with Gasteiger partial charge in [-0.05, 0) is 48.6 Å². The number of carbonyl (C=O) groups excluding carboxylic acids is 2. The van der Waals surface area contributed by atoms with E-state index in [1.54, 1.807) is 35.7 Å². The zero-order valence-corrected chi connectivity index (χ0v) is 19.7. The van der Waals surface area contributed by atoms with Crippen LogP contribution >= 0.6 is 23.4 Å². The van der Waals surface area contributed by atoms with Gasteiger partial charge in [0.2, 0.25) is 11.8 Å². The van der Waals surface area contributed by atoms with E-state index in [1.165, 1.54) is 11.1 Å². The highest BCUT2D eigenvalue weighted by molar-refractivity contribution is 7.99. The number of benzene rings is 2.